The summed E-state index contributed by atoms with van der Waals surface area (Å²) in [5, 5.41) is 32.0. The van der Waals surface area contributed by atoms with Gasteiger partial charge in [0.05, 0.1) is 6.10 Å². The van der Waals surface area contributed by atoms with Gasteiger partial charge in [-0.15, -0.1) is 0 Å². The molecule has 0 amide bonds. The maximum absolute atomic E-state index is 16.9. The zero-order valence-corrected chi connectivity index (χ0v) is 30.1. The van der Waals surface area contributed by atoms with Crippen LogP contribution in [-0.4, -0.2) is 62.4 Å². The van der Waals surface area contributed by atoms with Crippen LogP contribution in [0.3, 0.4) is 0 Å². The first-order valence-corrected chi connectivity index (χ1v) is 18.7. The molecule has 0 aromatic rings. The predicted molar refractivity (Wildman–Crippen MR) is 186 cm³/mol. The highest BCUT2D eigenvalue weighted by molar-refractivity contribution is 6.02. The first-order chi connectivity index (χ1) is 23.3. The number of rotatable bonds is 2. The summed E-state index contributed by atoms with van der Waals surface area (Å²) in [7, 11) is 0. The van der Waals surface area contributed by atoms with Crippen molar-refractivity contribution in [2.45, 2.75) is 110 Å². The van der Waals surface area contributed by atoms with E-state index in [0.29, 0.717) is 48.4 Å². The molecule has 50 heavy (non-hydrogen) atoms. The Morgan fingerprint density at radius 3 is 2.30 bits per heavy atom. The van der Waals surface area contributed by atoms with Crippen LogP contribution in [0.2, 0.25) is 0 Å². The van der Waals surface area contributed by atoms with E-state index in [4.69, 9.17) is 0 Å². The van der Waals surface area contributed by atoms with E-state index in [1.165, 1.54) is 12.2 Å². The van der Waals surface area contributed by atoms with Gasteiger partial charge in [0.25, 0.3) is 0 Å². The lowest BCUT2D eigenvalue weighted by Crippen LogP contribution is -2.69. The van der Waals surface area contributed by atoms with Gasteiger partial charge in [-0.25, -0.2) is 4.39 Å². The lowest BCUT2D eigenvalue weighted by atomic mass is 9.44. The average molecular weight is 689 g/mol. The molecule has 0 bridgehead atoms. The van der Waals surface area contributed by atoms with Crippen molar-refractivity contribution in [3.05, 3.63) is 59.8 Å². The number of ketones is 4. The molecule has 0 saturated heterocycles. The molecule has 6 saturated carbocycles. The molecule has 13 atom stereocenters. The summed E-state index contributed by atoms with van der Waals surface area (Å²) in [6, 6.07) is 0. The fraction of sp³-hybridized carbons (Fsp3) is 0.667. The number of allylic oxidation sites excluding steroid dienone is 9. The Morgan fingerprint density at radius 1 is 0.940 bits per heavy atom. The number of carbonyl (C=O) groups excluding carboxylic acids is 4. The van der Waals surface area contributed by atoms with Gasteiger partial charge in [0.15, 0.2) is 23.0 Å². The third-order valence-corrected chi connectivity index (χ3v) is 16.0. The summed E-state index contributed by atoms with van der Waals surface area (Å²) in [5.41, 5.74) is -3.08. The Hall–Kier alpha value is -2.81. The topological polar surface area (TPSA) is 129 Å². The van der Waals surface area contributed by atoms with E-state index in [2.05, 4.69) is 26.5 Å². The molecule has 0 aromatic carbocycles. The van der Waals surface area contributed by atoms with Crippen LogP contribution in [0.25, 0.3) is 0 Å². The molecular formula is C42H53FO7. The van der Waals surface area contributed by atoms with Crippen LogP contribution in [0.15, 0.2) is 59.8 Å². The van der Waals surface area contributed by atoms with Gasteiger partial charge in [0, 0.05) is 34.0 Å². The highest BCUT2D eigenvalue weighted by atomic mass is 19.1. The number of hydrogen-bond acceptors (Lipinski definition) is 7. The number of hydrogen-bond donors (Lipinski definition) is 3. The van der Waals surface area contributed by atoms with Crippen molar-refractivity contribution >= 4 is 23.1 Å². The highest BCUT2D eigenvalue weighted by Gasteiger charge is 2.75. The quantitative estimate of drug-likeness (QED) is 0.328. The number of Topliss-reactive ketones (excluding diaryl/α,β-unsaturated/α-hetero) is 2. The second-order valence-electron chi connectivity index (χ2n) is 17.9. The summed E-state index contributed by atoms with van der Waals surface area (Å²) in [5.74, 6) is 0.0210. The number of halogens is 1. The maximum atomic E-state index is 16.9. The van der Waals surface area contributed by atoms with Gasteiger partial charge >= 0.3 is 0 Å². The standard InChI is InChI=1S/C22H29FO5.C20H24O2/c1-12-8-16-15-5-4-13-9-14(25)6-7-19(13,2)21(15,23)17(26)10-20(16,3)22(12,28)18(27)11-24;1-12-10-14-15-4-5-18(22)20(15,3)9-7-16(14)19(2)8-6-13(21)11-17(12)19/h6-7,9,12,15-17,24,26,28H,4-5,8,10-11H2,1-3H3;6,8,11,14-16H,1,4-5,7,9-10H2,2-3H3/t12-,15+,16+,17+,19+,20+,21+,22+;14-,15-,16-,19+,20-/m10/s1. The van der Waals surface area contributed by atoms with E-state index in [-0.39, 0.29) is 34.7 Å². The van der Waals surface area contributed by atoms with Crippen molar-refractivity contribution in [1.82, 2.24) is 0 Å². The lowest BCUT2D eigenvalue weighted by Gasteiger charge is -2.62. The SMILES string of the molecule is C=C1C[C@@H]2[C@H](CC[C@]3(C)C(=O)CC[C@@H]23)[C@@]2(C)C=CC(=O)C=C12.C[C@@H]1C[C@H]2[C@@H]3CCC4=CC(=O)C=C[C@]4(C)[C@@]3(F)[C@@H](O)C[C@]2(C)[C@@]1(O)C(=O)CO. The van der Waals surface area contributed by atoms with Crippen molar-refractivity contribution in [2.24, 2.45) is 57.2 Å². The molecule has 8 rings (SSSR count). The molecule has 8 aliphatic rings. The Balaban J connectivity index is 0.000000161. The number of aliphatic hydroxyl groups is 3. The van der Waals surface area contributed by atoms with Gasteiger partial charge in [0.2, 0.25) is 0 Å². The van der Waals surface area contributed by atoms with Crippen LogP contribution in [0.4, 0.5) is 4.39 Å². The van der Waals surface area contributed by atoms with Crippen LogP contribution in [0.1, 0.15) is 92.4 Å². The molecule has 0 aromatic heterocycles. The third-order valence-electron chi connectivity index (χ3n) is 16.0. The molecule has 0 aliphatic heterocycles. The van der Waals surface area contributed by atoms with Gasteiger partial charge in [0.1, 0.15) is 18.0 Å². The molecule has 7 nitrogen and oxygen atoms in total. The van der Waals surface area contributed by atoms with Crippen LogP contribution in [-0.2, 0) is 19.2 Å². The molecule has 3 N–H and O–H groups in total. The van der Waals surface area contributed by atoms with E-state index in [9.17, 15) is 34.5 Å². The average Bonchev–Trinajstić information content (AvgIpc) is 3.48. The van der Waals surface area contributed by atoms with Crippen LogP contribution >= 0.6 is 0 Å². The fourth-order valence-electron chi connectivity index (χ4n) is 13.2. The smallest absolute Gasteiger partial charge is 0.190 e. The summed E-state index contributed by atoms with van der Waals surface area (Å²) in [4.78, 5) is 48.6. The zero-order valence-electron chi connectivity index (χ0n) is 30.1. The molecule has 0 radical (unpaired) electrons. The Morgan fingerprint density at radius 2 is 1.60 bits per heavy atom. The second kappa shape index (κ2) is 11.3. The molecule has 6 fully saturated rings. The van der Waals surface area contributed by atoms with Gasteiger partial charge in [-0.1, -0.05) is 57.6 Å². The predicted octanol–water partition coefficient (Wildman–Crippen LogP) is 5.93. The first-order valence-electron chi connectivity index (χ1n) is 18.7. The van der Waals surface area contributed by atoms with Gasteiger partial charge in [-0.2, -0.15) is 0 Å². The van der Waals surface area contributed by atoms with Crippen molar-refractivity contribution in [3.8, 4) is 0 Å². The zero-order chi connectivity index (χ0) is 36.4. The van der Waals surface area contributed by atoms with E-state index in [1.807, 2.05) is 0 Å². The van der Waals surface area contributed by atoms with Crippen molar-refractivity contribution in [1.29, 1.82) is 0 Å². The van der Waals surface area contributed by atoms with Crippen molar-refractivity contribution in [2.75, 3.05) is 6.61 Å². The molecule has 270 valence electrons. The summed E-state index contributed by atoms with van der Waals surface area (Å²) >= 11 is 0. The minimum absolute atomic E-state index is 0.0676. The number of alkyl halides is 1. The molecule has 8 aliphatic carbocycles. The van der Waals surface area contributed by atoms with E-state index >= 15 is 4.39 Å². The number of carbonyl (C=O) groups is 4. The number of aliphatic hydroxyl groups excluding tert-OH is 2. The minimum Gasteiger partial charge on any atom is -0.390 e. The maximum Gasteiger partial charge on any atom is 0.190 e. The van der Waals surface area contributed by atoms with Crippen molar-refractivity contribution in [3.63, 3.8) is 0 Å². The van der Waals surface area contributed by atoms with Crippen molar-refractivity contribution < 1.29 is 38.9 Å². The van der Waals surface area contributed by atoms with Crippen LogP contribution in [0, 0.1) is 57.2 Å². The molecule has 0 heterocycles. The molecule has 0 unspecified atom stereocenters. The normalized spacial score (nSPS) is 50.1. The van der Waals surface area contributed by atoms with Gasteiger partial charge < -0.3 is 15.3 Å². The lowest BCUT2D eigenvalue weighted by molar-refractivity contribution is -0.219. The summed E-state index contributed by atoms with van der Waals surface area (Å²) in [6.07, 6.45) is 14.9. The second-order valence-corrected chi connectivity index (χ2v) is 17.9. The molecule has 0 spiro atoms. The molecular weight excluding hydrogens is 635 g/mol. The van der Waals surface area contributed by atoms with E-state index < -0.39 is 52.4 Å². The van der Waals surface area contributed by atoms with E-state index in [1.54, 1.807) is 39.0 Å². The van der Waals surface area contributed by atoms with E-state index in [0.717, 1.165) is 43.3 Å². The fourth-order valence-corrected chi connectivity index (χ4v) is 13.2. The monoisotopic (exact) mass is 688 g/mol. The molecule has 8 heteroatoms. The minimum atomic E-state index is -1.98. The Labute approximate surface area is 294 Å². The first kappa shape index (κ1) is 35.6. The largest absolute Gasteiger partial charge is 0.390 e. The Bertz CT molecular complexity index is 1700. The van der Waals surface area contributed by atoms with Crippen LogP contribution in [0.5, 0.6) is 0 Å². The van der Waals surface area contributed by atoms with Gasteiger partial charge in [-0.3, -0.25) is 19.2 Å². The Kier molecular flexibility index (Phi) is 8.07. The third kappa shape index (κ3) is 4.36. The number of fused-ring (bicyclic) bond motifs is 10. The highest BCUT2D eigenvalue weighted by Crippen LogP contribution is 2.71. The van der Waals surface area contributed by atoms with Crippen LogP contribution < -0.4 is 0 Å². The summed E-state index contributed by atoms with van der Waals surface area (Å²) < 4.78 is 16.9. The summed E-state index contributed by atoms with van der Waals surface area (Å²) in [6.45, 7) is 13.2. The van der Waals surface area contributed by atoms with Gasteiger partial charge in [-0.05, 0) is 118 Å².